The van der Waals surface area contributed by atoms with Crippen LogP contribution in [0.15, 0.2) is 0 Å². The normalized spacial score (nSPS) is 39.0. The minimum Gasteiger partial charge on any atom is -0.444 e. The molecule has 94 valence electrons. The third-order valence-electron chi connectivity index (χ3n) is 4.24. The number of amides is 1. The summed E-state index contributed by atoms with van der Waals surface area (Å²) in [7, 11) is 0. The number of ketones is 1. The zero-order valence-corrected chi connectivity index (χ0v) is 10.6. The van der Waals surface area contributed by atoms with Crippen molar-refractivity contribution >= 4 is 11.9 Å². The van der Waals surface area contributed by atoms with Crippen LogP contribution in [0.4, 0.5) is 4.79 Å². The number of hydrogen-bond donors (Lipinski definition) is 0. The minimum absolute atomic E-state index is 0.173. The summed E-state index contributed by atoms with van der Waals surface area (Å²) < 4.78 is 5.38. The Bertz CT molecular complexity index is 383. The minimum atomic E-state index is -0.486. The monoisotopic (exact) mass is 237 g/mol. The molecule has 1 aliphatic heterocycles. The molecule has 3 aliphatic rings. The first kappa shape index (κ1) is 11.1. The number of fused-ring (bicyclic) bond motifs is 1. The van der Waals surface area contributed by atoms with E-state index in [-0.39, 0.29) is 23.8 Å². The first-order valence-electron chi connectivity index (χ1n) is 6.40. The van der Waals surface area contributed by atoms with Crippen LogP contribution in [0.5, 0.6) is 0 Å². The fraction of sp³-hybridized carbons (Fsp3) is 0.846. The number of ether oxygens (including phenoxy) is 1. The number of carbonyl (C=O) groups is 2. The number of hydrogen-bond acceptors (Lipinski definition) is 3. The molecule has 2 saturated carbocycles. The van der Waals surface area contributed by atoms with E-state index in [0.29, 0.717) is 18.4 Å². The third-order valence-corrected chi connectivity index (χ3v) is 4.24. The van der Waals surface area contributed by atoms with Gasteiger partial charge in [0.15, 0.2) is 5.78 Å². The molecule has 3 fully saturated rings. The van der Waals surface area contributed by atoms with Crippen molar-refractivity contribution in [2.75, 3.05) is 6.54 Å². The highest BCUT2D eigenvalue weighted by molar-refractivity contribution is 5.93. The lowest BCUT2D eigenvalue weighted by Gasteiger charge is -2.27. The van der Waals surface area contributed by atoms with Gasteiger partial charge in [0.1, 0.15) is 5.60 Å². The molecule has 0 radical (unpaired) electrons. The van der Waals surface area contributed by atoms with E-state index in [0.717, 1.165) is 12.8 Å². The SMILES string of the molecule is CC(C)(C)OC(=O)N1C[C@H]2C[C@H]3C[C@H]2[C@H]1C3=O. The number of rotatable bonds is 0. The molecular weight excluding hydrogens is 218 g/mol. The molecular formula is C13H19NO3. The lowest BCUT2D eigenvalue weighted by molar-refractivity contribution is -0.125. The van der Waals surface area contributed by atoms with E-state index >= 15 is 0 Å². The zero-order valence-electron chi connectivity index (χ0n) is 10.6. The molecule has 1 amide bonds. The van der Waals surface area contributed by atoms with Crippen molar-refractivity contribution in [1.82, 2.24) is 4.90 Å². The highest BCUT2D eigenvalue weighted by atomic mass is 16.6. The molecule has 17 heavy (non-hydrogen) atoms. The number of carbonyl (C=O) groups excluding carboxylic acids is 2. The second-order valence-electron chi connectivity index (χ2n) is 6.57. The second-order valence-corrected chi connectivity index (χ2v) is 6.57. The lowest BCUT2D eigenvalue weighted by atomic mass is 9.89. The fourth-order valence-corrected chi connectivity index (χ4v) is 3.70. The molecule has 0 aromatic heterocycles. The summed E-state index contributed by atoms with van der Waals surface area (Å²) in [5.41, 5.74) is -0.486. The Morgan fingerprint density at radius 2 is 2.06 bits per heavy atom. The summed E-state index contributed by atoms with van der Waals surface area (Å²) in [6.07, 6.45) is 1.66. The van der Waals surface area contributed by atoms with Gasteiger partial charge in [-0.3, -0.25) is 9.69 Å². The van der Waals surface area contributed by atoms with E-state index in [1.54, 1.807) is 4.90 Å². The van der Waals surface area contributed by atoms with Crippen LogP contribution in [0.1, 0.15) is 33.6 Å². The fourth-order valence-electron chi connectivity index (χ4n) is 3.70. The molecule has 3 rings (SSSR count). The topological polar surface area (TPSA) is 46.6 Å². The molecule has 0 aromatic rings. The van der Waals surface area contributed by atoms with E-state index in [1.807, 2.05) is 20.8 Å². The predicted octanol–water partition coefficient (Wildman–Crippen LogP) is 1.83. The third kappa shape index (κ3) is 1.57. The van der Waals surface area contributed by atoms with Gasteiger partial charge < -0.3 is 4.74 Å². The molecule has 0 N–H and O–H groups in total. The standard InChI is InChI=1S/C13H19NO3/c1-13(2,3)17-12(16)14-6-8-4-7-5-9(8)10(14)11(7)15/h7-10H,4-6H2,1-3H3/t7-,8+,9+,10-/m0/s1. The number of likely N-dealkylation sites (tertiary alicyclic amines) is 1. The van der Waals surface area contributed by atoms with E-state index < -0.39 is 5.60 Å². The van der Waals surface area contributed by atoms with Gasteiger partial charge in [0.05, 0.1) is 6.04 Å². The van der Waals surface area contributed by atoms with E-state index in [4.69, 9.17) is 4.74 Å². The molecule has 4 heteroatoms. The summed E-state index contributed by atoms with van der Waals surface area (Å²) in [4.78, 5) is 25.8. The quantitative estimate of drug-likeness (QED) is 0.645. The van der Waals surface area contributed by atoms with Crippen LogP contribution in [-0.4, -0.2) is 35.0 Å². The van der Waals surface area contributed by atoms with Gasteiger partial charge in [0.2, 0.25) is 0 Å². The Morgan fingerprint density at radius 3 is 2.65 bits per heavy atom. The van der Waals surface area contributed by atoms with Gasteiger partial charge in [-0.1, -0.05) is 0 Å². The zero-order chi connectivity index (χ0) is 12.4. The smallest absolute Gasteiger partial charge is 0.410 e. The molecule has 0 unspecified atom stereocenters. The van der Waals surface area contributed by atoms with Crippen molar-refractivity contribution in [2.45, 2.75) is 45.3 Å². The van der Waals surface area contributed by atoms with Crippen molar-refractivity contribution in [2.24, 2.45) is 17.8 Å². The van der Waals surface area contributed by atoms with Gasteiger partial charge in [-0.2, -0.15) is 0 Å². The van der Waals surface area contributed by atoms with Crippen molar-refractivity contribution in [1.29, 1.82) is 0 Å². The molecule has 1 heterocycles. The molecule has 0 spiro atoms. The van der Waals surface area contributed by atoms with Crippen LogP contribution in [-0.2, 0) is 9.53 Å². The largest absolute Gasteiger partial charge is 0.444 e. The Hall–Kier alpha value is -1.06. The summed E-state index contributed by atoms with van der Waals surface area (Å²) in [6.45, 7) is 6.28. The van der Waals surface area contributed by atoms with Crippen LogP contribution in [0.2, 0.25) is 0 Å². The van der Waals surface area contributed by atoms with Crippen LogP contribution in [0.3, 0.4) is 0 Å². The first-order chi connectivity index (χ1) is 7.87. The molecule has 2 bridgehead atoms. The van der Waals surface area contributed by atoms with Crippen LogP contribution in [0, 0.1) is 17.8 Å². The van der Waals surface area contributed by atoms with Crippen molar-refractivity contribution in [3.8, 4) is 0 Å². The average molecular weight is 237 g/mol. The highest BCUT2D eigenvalue weighted by Crippen LogP contribution is 2.53. The lowest BCUT2D eigenvalue weighted by Crippen LogP contribution is -2.43. The van der Waals surface area contributed by atoms with E-state index in [2.05, 4.69) is 0 Å². The number of nitrogens with zero attached hydrogens (tertiary/aromatic N) is 1. The summed E-state index contributed by atoms with van der Waals surface area (Å²) in [6, 6.07) is -0.173. The molecule has 4 atom stereocenters. The summed E-state index contributed by atoms with van der Waals surface area (Å²) in [5.74, 6) is 1.45. The Morgan fingerprint density at radius 1 is 1.35 bits per heavy atom. The Balaban J connectivity index is 1.78. The van der Waals surface area contributed by atoms with Gasteiger partial charge in [0.25, 0.3) is 0 Å². The van der Waals surface area contributed by atoms with Gasteiger partial charge in [0, 0.05) is 12.5 Å². The van der Waals surface area contributed by atoms with Crippen LogP contribution < -0.4 is 0 Å². The van der Waals surface area contributed by atoms with Gasteiger partial charge >= 0.3 is 6.09 Å². The summed E-state index contributed by atoms with van der Waals surface area (Å²) in [5, 5.41) is 0. The van der Waals surface area contributed by atoms with Gasteiger partial charge in [-0.25, -0.2) is 4.79 Å². The van der Waals surface area contributed by atoms with Crippen molar-refractivity contribution in [3.63, 3.8) is 0 Å². The first-order valence-corrected chi connectivity index (χ1v) is 6.40. The highest BCUT2D eigenvalue weighted by Gasteiger charge is 2.60. The molecule has 1 saturated heterocycles. The average Bonchev–Trinajstić information content (AvgIpc) is 2.73. The molecule has 0 aromatic carbocycles. The van der Waals surface area contributed by atoms with Gasteiger partial charge in [-0.05, 0) is 45.4 Å². The van der Waals surface area contributed by atoms with Crippen LogP contribution in [0.25, 0.3) is 0 Å². The maximum absolute atomic E-state index is 12.1. The predicted molar refractivity (Wildman–Crippen MR) is 61.4 cm³/mol. The maximum atomic E-state index is 12.1. The summed E-state index contributed by atoms with van der Waals surface area (Å²) >= 11 is 0. The van der Waals surface area contributed by atoms with Crippen LogP contribution >= 0.6 is 0 Å². The Labute approximate surface area is 101 Å². The van der Waals surface area contributed by atoms with E-state index in [1.165, 1.54) is 0 Å². The van der Waals surface area contributed by atoms with E-state index in [9.17, 15) is 9.59 Å². The second kappa shape index (κ2) is 3.24. The maximum Gasteiger partial charge on any atom is 0.410 e. The van der Waals surface area contributed by atoms with Gasteiger partial charge in [-0.15, -0.1) is 0 Å². The Kier molecular flexibility index (Phi) is 2.11. The van der Waals surface area contributed by atoms with Crippen molar-refractivity contribution in [3.05, 3.63) is 0 Å². The number of Topliss-reactive ketones (excluding diaryl/α,β-unsaturated/α-hetero) is 1. The molecule has 2 aliphatic carbocycles. The van der Waals surface area contributed by atoms with Crippen molar-refractivity contribution < 1.29 is 14.3 Å². The molecule has 4 nitrogen and oxygen atoms in total.